The average Bonchev–Trinajstić information content (AvgIpc) is 2.77. The maximum Gasteiger partial charge on any atom is 0.261 e. The fourth-order valence-electron chi connectivity index (χ4n) is 3.49. The average molecular weight is 448 g/mol. The molecular formula is C22H26FN3O4S. The van der Waals surface area contributed by atoms with E-state index < -0.39 is 15.8 Å². The van der Waals surface area contributed by atoms with E-state index in [2.05, 4.69) is 10.0 Å². The van der Waals surface area contributed by atoms with Gasteiger partial charge in [0.05, 0.1) is 10.8 Å². The van der Waals surface area contributed by atoms with Gasteiger partial charge in [-0.15, -0.1) is 0 Å². The lowest BCUT2D eigenvalue weighted by molar-refractivity contribution is -0.126. The number of carbonyl (C=O) groups is 2. The molecule has 3 rings (SSSR count). The number of halogens is 1. The Balaban J connectivity index is 1.71. The summed E-state index contributed by atoms with van der Waals surface area (Å²) in [5.41, 5.74) is 0.554. The lowest BCUT2D eigenvalue weighted by Crippen LogP contribution is -2.45. The standard InChI is InChI=1S/C22H26FN3O4S/c1-2-12-24-21(27)17-6-4-13-26(15-17)22(28)16-5-3-7-19(14-16)25-31(29,30)20-10-8-18(23)9-11-20/h3,5,7-11,14,17,25H,2,4,6,12-13,15H2,1H3,(H,24,27). The molecule has 9 heteroatoms. The highest BCUT2D eigenvalue weighted by Gasteiger charge is 2.29. The van der Waals surface area contributed by atoms with Crippen LogP contribution in [0, 0.1) is 11.7 Å². The molecule has 0 aliphatic carbocycles. The first-order chi connectivity index (χ1) is 14.8. The number of benzene rings is 2. The molecule has 0 spiro atoms. The third-order valence-electron chi connectivity index (χ3n) is 5.11. The number of anilines is 1. The van der Waals surface area contributed by atoms with Gasteiger partial charge < -0.3 is 10.2 Å². The quantitative estimate of drug-likeness (QED) is 0.682. The summed E-state index contributed by atoms with van der Waals surface area (Å²) in [4.78, 5) is 26.8. The van der Waals surface area contributed by atoms with E-state index in [1.165, 1.54) is 24.3 Å². The van der Waals surface area contributed by atoms with Gasteiger partial charge in [-0.2, -0.15) is 0 Å². The molecule has 1 aliphatic heterocycles. The second-order valence-corrected chi connectivity index (χ2v) is 9.20. The SMILES string of the molecule is CCCNC(=O)C1CCCN(C(=O)c2cccc(NS(=O)(=O)c3ccc(F)cc3)c2)C1. The maximum atomic E-state index is 13.1. The second kappa shape index (κ2) is 9.91. The van der Waals surface area contributed by atoms with Crippen molar-refractivity contribution in [2.75, 3.05) is 24.4 Å². The van der Waals surface area contributed by atoms with Gasteiger partial charge in [0.1, 0.15) is 5.82 Å². The number of nitrogens with zero attached hydrogens (tertiary/aromatic N) is 1. The number of piperidine rings is 1. The molecule has 1 atom stereocenters. The van der Waals surface area contributed by atoms with Crippen molar-refractivity contribution in [1.82, 2.24) is 10.2 Å². The minimum absolute atomic E-state index is 0.0415. The molecule has 1 aliphatic rings. The molecule has 31 heavy (non-hydrogen) atoms. The summed E-state index contributed by atoms with van der Waals surface area (Å²) in [5, 5.41) is 2.88. The maximum absolute atomic E-state index is 13.1. The van der Waals surface area contributed by atoms with Gasteiger partial charge in [0, 0.05) is 30.9 Å². The van der Waals surface area contributed by atoms with Gasteiger partial charge in [-0.1, -0.05) is 13.0 Å². The smallest absolute Gasteiger partial charge is 0.261 e. The third-order valence-corrected chi connectivity index (χ3v) is 6.51. The number of nitrogens with one attached hydrogen (secondary N) is 2. The number of amides is 2. The molecule has 0 bridgehead atoms. The van der Waals surface area contributed by atoms with Crippen LogP contribution in [0.15, 0.2) is 53.4 Å². The van der Waals surface area contributed by atoms with Crippen LogP contribution in [0.1, 0.15) is 36.5 Å². The summed E-state index contributed by atoms with van der Waals surface area (Å²) in [6, 6.07) is 10.7. The summed E-state index contributed by atoms with van der Waals surface area (Å²) in [7, 11) is -3.92. The van der Waals surface area contributed by atoms with Crippen molar-refractivity contribution in [2.45, 2.75) is 31.1 Å². The molecule has 2 aromatic carbocycles. The molecule has 1 unspecified atom stereocenters. The van der Waals surface area contributed by atoms with E-state index in [0.29, 0.717) is 25.2 Å². The Bertz CT molecular complexity index is 1040. The van der Waals surface area contributed by atoms with Crippen LogP contribution in [-0.2, 0) is 14.8 Å². The van der Waals surface area contributed by atoms with E-state index in [1.54, 1.807) is 17.0 Å². The largest absolute Gasteiger partial charge is 0.356 e. The zero-order valence-corrected chi connectivity index (χ0v) is 18.1. The summed E-state index contributed by atoms with van der Waals surface area (Å²) >= 11 is 0. The van der Waals surface area contributed by atoms with Crippen molar-refractivity contribution in [3.8, 4) is 0 Å². The van der Waals surface area contributed by atoms with Crippen LogP contribution in [0.2, 0.25) is 0 Å². The molecule has 7 nitrogen and oxygen atoms in total. The normalized spacial score (nSPS) is 16.6. The number of rotatable bonds is 7. The monoisotopic (exact) mass is 447 g/mol. The van der Waals surface area contributed by atoms with E-state index in [0.717, 1.165) is 31.4 Å². The molecule has 1 fully saturated rings. The van der Waals surface area contributed by atoms with Crippen LogP contribution in [0.5, 0.6) is 0 Å². The van der Waals surface area contributed by atoms with E-state index >= 15 is 0 Å². The summed E-state index contributed by atoms with van der Waals surface area (Å²) in [5.74, 6) is -1.07. The zero-order valence-electron chi connectivity index (χ0n) is 17.3. The molecule has 2 aromatic rings. The van der Waals surface area contributed by atoms with Crippen LogP contribution in [-0.4, -0.2) is 44.8 Å². The van der Waals surface area contributed by atoms with E-state index in [-0.39, 0.29) is 28.3 Å². The first-order valence-corrected chi connectivity index (χ1v) is 11.7. The molecule has 0 radical (unpaired) electrons. The molecular weight excluding hydrogens is 421 g/mol. The van der Waals surface area contributed by atoms with Crippen molar-refractivity contribution in [3.63, 3.8) is 0 Å². The second-order valence-electron chi connectivity index (χ2n) is 7.52. The Kier molecular flexibility index (Phi) is 7.27. The number of carbonyl (C=O) groups excluding carboxylic acids is 2. The highest BCUT2D eigenvalue weighted by molar-refractivity contribution is 7.92. The van der Waals surface area contributed by atoms with Crippen LogP contribution in [0.4, 0.5) is 10.1 Å². The first kappa shape index (κ1) is 22.7. The van der Waals surface area contributed by atoms with Crippen LogP contribution < -0.4 is 10.0 Å². The minimum Gasteiger partial charge on any atom is -0.356 e. The van der Waals surface area contributed by atoms with Crippen molar-refractivity contribution >= 4 is 27.5 Å². The Labute approximate surface area is 181 Å². The number of hydrogen-bond acceptors (Lipinski definition) is 4. The highest BCUT2D eigenvalue weighted by Crippen LogP contribution is 2.22. The van der Waals surface area contributed by atoms with Crippen molar-refractivity contribution in [2.24, 2.45) is 5.92 Å². The van der Waals surface area contributed by atoms with Crippen molar-refractivity contribution in [1.29, 1.82) is 0 Å². The predicted molar refractivity (Wildman–Crippen MR) is 116 cm³/mol. The molecule has 2 N–H and O–H groups in total. The topological polar surface area (TPSA) is 95.6 Å². The van der Waals surface area contributed by atoms with Gasteiger partial charge in [-0.25, -0.2) is 12.8 Å². The Hall–Kier alpha value is -2.94. The lowest BCUT2D eigenvalue weighted by Gasteiger charge is -2.32. The Morgan fingerprint density at radius 3 is 2.61 bits per heavy atom. The van der Waals surface area contributed by atoms with Crippen molar-refractivity contribution in [3.05, 3.63) is 59.9 Å². The molecule has 0 aromatic heterocycles. The predicted octanol–water partition coefficient (Wildman–Crippen LogP) is 3.00. The van der Waals surface area contributed by atoms with Gasteiger partial charge in [-0.05, 0) is 61.7 Å². The van der Waals surface area contributed by atoms with E-state index in [1.807, 2.05) is 6.92 Å². The lowest BCUT2D eigenvalue weighted by atomic mass is 9.96. The fourth-order valence-corrected chi connectivity index (χ4v) is 4.54. The number of hydrogen-bond donors (Lipinski definition) is 2. The fraction of sp³-hybridized carbons (Fsp3) is 0.364. The molecule has 2 amide bonds. The third kappa shape index (κ3) is 5.81. The number of likely N-dealkylation sites (tertiary alicyclic amines) is 1. The van der Waals surface area contributed by atoms with Gasteiger partial charge >= 0.3 is 0 Å². The molecule has 166 valence electrons. The van der Waals surface area contributed by atoms with E-state index in [9.17, 15) is 22.4 Å². The van der Waals surface area contributed by atoms with Crippen molar-refractivity contribution < 1.29 is 22.4 Å². The van der Waals surface area contributed by atoms with Gasteiger partial charge in [-0.3, -0.25) is 14.3 Å². The van der Waals surface area contributed by atoms with E-state index in [4.69, 9.17) is 0 Å². The van der Waals surface area contributed by atoms with Gasteiger partial charge in [0.15, 0.2) is 0 Å². The Morgan fingerprint density at radius 1 is 1.16 bits per heavy atom. The molecule has 1 heterocycles. The van der Waals surface area contributed by atoms with Crippen LogP contribution >= 0.6 is 0 Å². The molecule has 0 saturated carbocycles. The highest BCUT2D eigenvalue weighted by atomic mass is 32.2. The summed E-state index contributed by atoms with van der Waals surface area (Å²) < 4.78 is 40.5. The minimum atomic E-state index is -3.92. The summed E-state index contributed by atoms with van der Waals surface area (Å²) in [6.07, 6.45) is 2.31. The van der Waals surface area contributed by atoms with Crippen LogP contribution in [0.3, 0.4) is 0 Å². The van der Waals surface area contributed by atoms with Gasteiger partial charge in [0.2, 0.25) is 5.91 Å². The molecule has 1 saturated heterocycles. The zero-order chi connectivity index (χ0) is 22.4. The summed E-state index contributed by atoms with van der Waals surface area (Å²) in [6.45, 7) is 3.47. The van der Waals surface area contributed by atoms with Crippen LogP contribution in [0.25, 0.3) is 0 Å². The first-order valence-electron chi connectivity index (χ1n) is 10.3. The number of sulfonamides is 1. The van der Waals surface area contributed by atoms with Gasteiger partial charge in [0.25, 0.3) is 15.9 Å². The Morgan fingerprint density at radius 2 is 1.90 bits per heavy atom.